The SMILES string of the molecule is CN=C1NC2C(OC(CCF)C(O)C2O)S1. The Bertz CT molecular complexity index is 292. The highest BCUT2D eigenvalue weighted by atomic mass is 32.2. The number of aliphatic hydroxyl groups excluding tert-OH is 2. The van der Waals surface area contributed by atoms with Crippen LogP contribution in [0.5, 0.6) is 0 Å². The van der Waals surface area contributed by atoms with Crippen LogP contribution in [0.3, 0.4) is 0 Å². The Morgan fingerprint density at radius 1 is 1.50 bits per heavy atom. The minimum absolute atomic E-state index is 0.0978. The van der Waals surface area contributed by atoms with Crippen molar-refractivity contribution >= 4 is 16.9 Å². The van der Waals surface area contributed by atoms with Gasteiger partial charge in [-0.15, -0.1) is 0 Å². The van der Waals surface area contributed by atoms with Crippen molar-refractivity contribution in [1.29, 1.82) is 0 Å². The number of amidine groups is 1. The van der Waals surface area contributed by atoms with Gasteiger partial charge in [-0.2, -0.15) is 0 Å². The van der Waals surface area contributed by atoms with E-state index in [4.69, 9.17) is 4.74 Å². The van der Waals surface area contributed by atoms with Crippen LogP contribution in [-0.2, 0) is 4.74 Å². The fourth-order valence-corrected chi connectivity index (χ4v) is 3.04. The Morgan fingerprint density at radius 3 is 2.88 bits per heavy atom. The summed E-state index contributed by atoms with van der Waals surface area (Å²) in [5.41, 5.74) is -0.311. The lowest BCUT2D eigenvalue weighted by molar-refractivity contribution is -0.158. The average molecular weight is 250 g/mol. The van der Waals surface area contributed by atoms with Gasteiger partial charge in [-0.25, -0.2) is 0 Å². The van der Waals surface area contributed by atoms with Crippen molar-refractivity contribution in [3.63, 3.8) is 0 Å². The largest absolute Gasteiger partial charge is 0.388 e. The number of alkyl halides is 1. The van der Waals surface area contributed by atoms with Crippen LogP contribution in [0.1, 0.15) is 6.42 Å². The summed E-state index contributed by atoms with van der Waals surface area (Å²) in [7, 11) is 1.63. The number of aliphatic hydroxyl groups is 2. The first-order valence-corrected chi connectivity index (χ1v) is 6.03. The smallest absolute Gasteiger partial charge is 0.159 e. The zero-order valence-electron chi connectivity index (χ0n) is 8.84. The number of aliphatic imine (C=N–C) groups is 1. The van der Waals surface area contributed by atoms with Gasteiger partial charge in [0.25, 0.3) is 0 Å². The molecule has 0 spiro atoms. The molecule has 5 nitrogen and oxygen atoms in total. The third-order valence-electron chi connectivity index (χ3n) is 2.82. The van der Waals surface area contributed by atoms with Crippen molar-refractivity contribution in [3.05, 3.63) is 0 Å². The fraction of sp³-hybridized carbons (Fsp3) is 0.889. The van der Waals surface area contributed by atoms with Crippen LogP contribution in [0.15, 0.2) is 4.99 Å². The minimum atomic E-state index is -1.05. The summed E-state index contributed by atoms with van der Waals surface area (Å²) >= 11 is 1.35. The van der Waals surface area contributed by atoms with Gasteiger partial charge >= 0.3 is 0 Å². The number of rotatable bonds is 2. The molecule has 0 aromatic heterocycles. The number of ether oxygens (including phenoxy) is 1. The number of halogens is 1. The predicted octanol–water partition coefficient (Wildman–Crippen LogP) is -0.517. The van der Waals surface area contributed by atoms with Crippen molar-refractivity contribution in [2.75, 3.05) is 13.7 Å². The molecule has 5 unspecified atom stereocenters. The van der Waals surface area contributed by atoms with Crippen molar-refractivity contribution < 1.29 is 19.3 Å². The van der Waals surface area contributed by atoms with Crippen molar-refractivity contribution in [1.82, 2.24) is 5.32 Å². The highest BCUT2D eigenvalue weighted by Gasteiger charge is 2.48. The summed E-state index contributed by atoms with van der Waals surface area (Å²) in [6.07, 6.45) is -2.56. The van der Waals surface area contributed by atoms with E-state index in [1.165, 1.54) is 11.8 Å². The average Bonchev–Trinajstić information content (AvgIpc) is 2.69. The molecule has 2 saturated heterocycles. The van der Waals surface area contributed by atoms with E-state index in [0.29, 0.717) is 5.17 Å². The van der Waals surface area contributed by atoms with Crippen LogP contribution in [0.2, 0.25) is 0 Å². The summed E-state index contributed by atoms with van der Waals surface area (Å²) in [4.78, 5) is 3.96. The summed E-state index contributed by atoms with van der Waals surface area (Å²) in [6.45, 7) is -0.571. The topological polar surface area (TPSA) is 74.1 Å². The fourth-order valence-electron chi connectivity index (χ4n) is 1.94. The van der Waals surface area contributed by atoms with Gasteiger partial charge in [-0.1, -0.05) is 11.8 Å². The Morgan fingerprint density at radius 2 is 2.25 bits per heavy atom. The Labute approximate surface area is 97.1 Å². The first kappa shape index (κ1) is 12.1. The van der Waals surface area contributed by atoms with Gasteiger partial charge < -0.3 is 20.3 Å². The van der Waals surface area contributed by atoms with E-state index < -0.39 is 25.0 Å². The monoisotopic (exact) mass is 250 g/mol. The maximum absolute atomic E-state index is 12.2. The summed E-state index contributed by atoms with van der Waals surface area (Å²) in [5.74, 6) is 0. The molecule has 0 saturated carbocycles. The molecule has 92 valence electrons. The molecule has 0 aromatic carbocycles. The van der Waals surface area contributed by atoms with Gasteiger partial charge in [-0.3, -0.25) is 9.38 Å². The molecule has 0 aliphatic carbocycles. The van der Waals surface area contributed by atoms with Crippen LogP contribution >= 0.6 is 11.8 Å². The van der Waals surface area contributed by atoms with E-state index in [0.717, 1.165) is 0 Å². The zero-order chi connectivity index (χ0) is 11.7. The quantitative estimate of drug-likeness (QED) is 0.615. The molecule has 0 bridgehead atoms. The maximum atomic E-state index is 12.2. The second-order valence-electron chi connectivity index (χ2n) is 3.82. The highest BCUT2D eigenvalue weighted by Crippen LogP contribution is 2.34. The molecule has 2 aliphatic rings. The van der Waals surface area contributed by atoms with Gasteiger partial charge in [0.1, 0.15) is 17.6 Å². The minimum Gasteiger partial charge on any atom is -0.388 e. The van der Waals surface area contributed by atoms with E-state index in [1.54, 1.807) is 7.05 Å². The van der Waals surface area contributed by atoms with Crippen LogP contribution in [0.4, 0.5) is 4.39 Å². The molecule has 2 fully saturated rings. The molecule has 0 radical (unpaired) electrons. The van der Waals surface area contributed by atoms with Crippen molar-refractivity contribution in [2.45, 2.75) is 36.2 Å². The first-order valence-electron chi connectivity index (χ1n) is 5.15. The van der Waals surface area contributed by atoms with E-state index in [9.17, 15) is 14.6 Å². The second kappa shape index (κ2) is 4.87. The van der Waals surface area contributed by atoms with Crippen LogP contribution < -0.4 is 5.32 Å². The van der Waals surface area contributed by atoms with Gasteiger partial charge in [0, 0.05) is 13.5 Å². The Hall–Kier alpha value is -0.370. The summed E-state index contributed by atoms with van der Waals surface area (Å²) in [6, 6.07) is -0.380. The molecule has 0 amide bonds. The van der Waals surface area contributed by atoms with Crippen LogP contribution in [-0.4, -0.2) is 58.9 Å². The Kier molecular flexibility index (Phi) is 3.68. The number of fused-ring (bicyclic) bond motifs is 1. The third-order valence-corrected chi connectivity index (χ3v) is 3.98. The molecular weight excluding hydrogens is 235 g/mol. The van der Waals surface area contributed by atoms with Gasteiger partial charge in [0.2, 0.25) is 0 Å². The van der Waals surface area contributed by atoms with Gasteiger partial charge in [-0.05, 0) is 0 Å². The van der Waals surface area contributed by atoms with E-state index in [1.807, 2.05) is 0 Å². The standard InChI is InChI=1S/C9H15FN2O3S/c1-11-9-12-5-7(14)6(13)4(2-3-10)15-8(5)16-9/h4-8,13-14H,2-3H2,1H3,(H,11,12). The molecule has 2 aliphatic heterocycles. The number of hydrogen-bond donors (Lipinski definition) is 3. The predicted molar refractivity (Wildman–Crippen MR) is 59.1 cm³/mol. The van der Waals surface area contributed by atoms with Gasteiger partial charge in [0.15, 0.2) is 5.17 Å². The normalized spacial score (nSPS) is 45.5. The summed E-state index contributed by atoms with van der Waals surface area (Å²) < 4.78 is 17.8. The number of hydrogen-bond acceptors (Lipinski definition) is 5. The van der Waals surface area contributed by atoms with Crippen molar-refractivity contribution in [3.8, 4) is 0 Å². The molecular formula is C9H15FN2O3S. The number of thioether (sulfide) groups is 1. The Balaban J connectivity index is 2.09. The second-order valence-corrected chi connectivity index (χ2v) is 4.91. The lowest BCUT2D eigenvalue weighted by atomic mass is 9.96. The van der Waals surface area contributed by atoms with E-state index in [-0.39, 0.29) is 17.9 Å². The molecule has 7 heteroatoms. The molecule has 3 N–H and O–H groups in total. The molecule has 0 aromatic rings. The van der Waals surface area contributed by atoms with Crippen LogP contribution in [0, 0.1) is 0 Å². The zero-order valence-corrected chi connectivity index (χ0v) is 9.65. The highest BCUT2D eigenvalue weighted by molar-refractivity contribution is 8.14. The van der Waals surface area contributed by atoms with E-state index >= 15 is 0 Å². The third kappa shape index (κ3) is 2.04. The van der Waals surface area contributed by atoms with E-state index in [2.05, 4.69) is 10.3 Å². The number of nitrogens with zero attached hydrogens (tertiary/aromatic N) is 1. The lowest BCUT2D eigenvalue weighted by Gasteiger charge is -2.38. The molecule has 2 rings (SSSR count). The molecule has 5 atom stereocenters. The lowest BCUT2D eigenvalue weighted by Crippen LogP contribution is -2.58. The number of nitrogens with one attached hydrogen (secondary N) is 1. The maximum Gasteiger partial charge on any atom is 0.159 e. The van der Waals surface area contributed by atoms with Gasteiger partial charge in [0.05, 0.1) is 18.8 Å². The molecule has 16 heavy (non-hydrogen) atoms. The van der Waals surface area contributed by atoms with Crippen molar-refractivity contribution in [2.24, 2.45) is 4.99 Å². The first-order chi connectivity index (χ1) is 7.67. The van der Waals surface area contributed by atoms with Crippen LogP contribution in [0.25, 0.3) is 0 Å². The summed E-state index contributed by atoms with van der Waals surface area (Å²) in [5, 5.41) is 23.3. The molecule has 2 heterocycles.